The lowest BCUT2D eigenvalue weighted by atomic mass is 9.65. The Labute approximate surface area is 194 Å². The minimum atomic E-state index is -4.26. The first-order valence-electron chi connectivity index (χ1n) is 10.3. The standard InChI is InChI=1S/C22H20ClFN4O4S/c1-28-12-25-10-15(28)11-32-18-9-14(8-16-20(18)26-21(29)22(16)5-2-6-22)27-33(30,31)19-4-3-13(23)7-17(19)24/h3-4,7-10,12,27H,2,5-6,11H2,1H3,(H,26,29). The summed E-state index contributed by atoms with van der Waals surface area (Å²) in [6.45, 7) is 0.161. The van der Waals surface area contributed by atoms with E-state index in [4.69, 9.17) is 16.3 Å². The van der Waals surface area contributed by atoms with Crippen LogP contribution in [0.3, 0.4) is 0 Å². The van der Waals surface area contributed by atoms with Crippen LogP contribution in [0.2, 0.25) is 5.02 Å². The molecule has 1 aromatic heterocycles. The first-order valence-corrected chi connectivity index (χ1v) is 12.1. The van der Waals surface area contributed by atoms with E-state index in [9.17, 15) is 17.6 Å². The van der Waals surface area contributed by atoms with Gasteiger partial charge >= 0.3 is 0 Å². The summed E-state index contributed by atoms with van der Waals surface area (Å²) >= 11 is 5.75. The van der Waals surface area contributed by atoms with E-state index in [1.807, 2.05) is 7.05 Å². The number of nitrogens with zero attached hydrogens (tertiary/aromatic N) is 2. The third-order valence-corrected chi connectivity index (χ3v) is 7.88. The maximum Gasteiger partial charge on any atom is 0.264 e. The predicted octanol–water partition coefficient (Wildman–Crippen LogP) is 3.97. The van der Waals surface area contributed by atoms with Crippen molar-refractivity contribution in [2.24, 2.45) is 7.05 Å². The van der Waals surface area contributed by atoms with Gasteiger partial charge in [-0.1, -0.05) is 18.0 Å². The molecule has 1 spiro atoms. The SMILES string of the molecule is Cn1cncc1COc1cc(NS(=O)(=O)c2ccc(Cl)cc2F)cc2c1NC(=O)C21CCC1. The fourth-order valence-electron chi connectivity index (χ4n) is 4.26. The van der Waals surface area contributed by atoms with Crippen molar-refractivity contribution in [2.75, 3.05) is 10.0 Å². The van der Waals surface area contributed by atoms with E-state index in [1.54, 1.807) is 23.2 Å². The molecule has 172 valence electrons. The molecule has 2 heterocycles. The minimum absolute atomic E-state index is 0.0892. The van der Waals surface area contributed by atoms with Crippen LogP contribution in [0.15, 0.2) is 47.8 Å². The van der Waals surface area contributed by atoms with Crippen molar-refractivity contribution in [1.82, 2.24) is 9.55 Å². The highest BCUT2D eigenvalue weighted by Crippen LogP contribution is 2.54. The summed E-state index contributed by atoms with van der Waals surface area (Å²) in [6, 6.07) is 6.45. The van der Waals surface area contributed by atoms with E-state index in [1.165, 1.54) is 12.1 Å². The van der Waals surface area contributed by atoms with Crippen molar-refractivity contribution in [3.63, 3.8) is 0 Å². The molecule has 1 amide bonds. The number of hydrogen-bond donors (Lipinski definition) is 2. The molecule has 1 aliphatic heterocycles. The number of hydrogen-bond acceptors (Lipinski definition) is 5. The molecule has 1 saturated carbocycles. The Bertz CT molecular complexity index is 1390. The van der Waals surface area contributed by atoms with E-state index in [0.717, 1.165) is 24.2 Å². The van der Waals surface area contributed by atoms with Crippen molar-refractivity contribution in [3.05, 3.63) is 65.0 Å². The van der Waals surface area contributed by atoms with Gasteiger partial charge in [0.1, 0.15) is 23.1 Å². The zero-order valence-corrected chi connectivity index (χ0v) is 19.1. The normalized spacial score (nSPS) is 16.3. The van der Waals surface area contributed by atoms with Gasteiger partial charge in [0.2, 0.25) is 5.91 Å². The summed E-state index contributed by atoms with van der Waals surface area (Å²) in [4.78, 5) is 16.3. The molecule has 0 unspecified atom stereocenters. The van der Waals surface area contributed by atoms with Crippen molar-refractivity contribution in [3.8, 4) is 5.75 Å². The maximum absolute atomic E-state index is 14.3. The minimum Gasteiger partial charge on any atom is -0.485 e. The molecule has 1 aliphatic carbocycles. The summed E-state index contributed by atoms with van der Waals surface area (Å²) in [5, 5.41) is 2.99. The first kappa shape index (κ1) is 21.7. The molecule has 8 nitrogen and oxygen atoms in total. The summed E-state index contributed by atoms with van der Waals surface area (Å²) in [6.07, 6.45) is 5.51. The van der Waals surface area contributed by atoms with E-state index in [-0.39, 0.29) is 23.2 Å². The lowest BCUT2D eigenvalue weighted by Gasteiger charge is -2.36. The summed E-state index contributed by atoms with van der Waals surface area (Å²) in [5.41, 5.74) is 1.47. The van der Waals surface area contributed by atoms with E-state index in [0.29, 0.717) is 29.8 Å². The predicted molar refractivity (Wildman–Crippen MR) is 120 cm³/mol. The molecule has 0 bridgehead atoms. The third-order valence-electron chi connectivity index (χ3n) is 6.23. The van der Waals surface area contributed by atoms with Crippen molar-refractivity contribution in [2.45, 2.75) is 36.2 Å². The number of sulfonamides is 1. The zero-order valence-electron chi connectivity index (χ0n) is 17.6. The van der Waals surface area contributed by atoms with Crippen molar-refractivity contribution < 1.29 is 22.3 Å². The number of aryl methyl sites for hydroxylation is 1. The fourth-order valence-corrected chi connectivity index (χ4v) is 5.52. The van der Waals surface area contributed by atoms with Gasteiger partial charge in [0.15, 0.2) is 0 Å². The number of aromatic nitrogens is 2. The van der Waals surface area contributed by atoms with Crippen LogP contribution in [-0.2, 0) is 33.9 Å². The molecule has 2 aliphatic rings. The first-order chi connectivity index (χ1) is 15.7. The van der Waals surface area contributed by atoms with Crippen molar-refractivity contribution in [1.29, 1.82) is 0 Å². The second kappa shape index (κ2) is 7.74. The number of ether oxygens (including phenoxy) is 1. The molecule has 33 heavy (non-hydrogen) atoms. The lowest BCUT2D eigenvalue weighted by molar-refractivity contribution is -0.123. The Balaban J connectivity index is 1.54. The molecule has 5 rings (SSSR count). The molecular formula is C22H20ClFN4O4S. The topological polar surface area (TPSA) is 102 Å². The number of rotatable bonds is 6. The van der Waals surface area contributed by atoms with Gasteiger partial charge in [0.25, 0.3) is 10.0 Å². The van der Waals surface area contributed by atoms with Gasteiger partial charge in [0, 0.05) is 18.1 Å². The molecule has 0 radical (unpaired) electrons. The van der Waals surface area contributed by atoms with Gasteiger partial charge in [-0.3, -0.25) is 9.52 Å². The second-order valence-electron chi connectivity index (χ2n) is 8.25. The Morgan fingerprint density at radius 2 is 2.09 bits per heavy atom. The van der Waals surface area contributed by atoms with E-state index in [2.05, 4.69) is 15.0 Å². The number of halogens is 2. The van der Waals surface area contributed by atoms with Gasteiger partial charge in [-0.2, -0.15) is 0 Å². The number of carbonyl (C=O) groups excluding carboxylic acids is 1. The van der Waals surface area contributed by atoms with Gasteiger partial charge in [-0.25, -0.2) is 17.8 Å². The van der Waals surface area contributed by atoms with Gasteiger partial charge in [-0.15, -0.1) is 0 Å². The monoisotopic (exact) mass is 490 g/mol. The number of amides is 1. The third kappa shape index (κ3) is 3.63. The summed E-state index contributed by atoms with van der Waals surface area (Å²) in [5.74, 6) is -0.769. The van der Waals surface area contributed by atoms with Crippen LogP contribution >= 0.6 is 11.6 Å². The molecule has 3 aromatic rings. The van der Waals surface area contributed by atoms with Gasteiger partial charge < -0.3 is 14.6 Å². The number of benzene rings is 2. The zero-order chi connectivity index (χ0) is 23.4. The Hall–Kier alpha value is -3.11. The Kier molecular flexibility index (Phi) is 5.09. The van der Waals surface area contributed by atoms with E-state index >= 15 is 0 Å². The smallest absolute Gasteiger partial charge is 0.264 e. The van der Waals surface area contributed by atoms with E-state index < -0.39 is 26.2 Å². The van der Waals surface area contributed by atoms with Crippen LogP contribution < -0.4 is 14.8 Å². The molecule has 2 N–H and O–H groups in total. The fraction of sp³-hybridized carbons (Fsp3) is 0.273. The van der Waals surface area contributed by atoms with Gasteiger partial charge in [-0.05, 0) is 42.7 Å². The highest BCUT2D eigenvalue weighted by Gasteiger charge is 2.52. The molecule has 0 saturated heterocycles. The average Bonchev–Trinajstić information content (AvgIpc) is 3.25. The highest BCUT2D eigenvalue weighted by atomic mass is 35.5. The number of fused-ring (bicyclic) bond motifs is 2. The lowest BCUT2D eigenvalue weighted by Crippen LogP contribution is -2.40. The van der Waals surface area contributed by atoms with Gasteiger partial charge in [0.05, 0.1) is 35.0 Å². The molecular weight excluding hydrogens is 471 g/mol. The molecule has 1 fully saturated rings. The average molecular weight is 491 g/mol. The summed E-state index contributed by atoms with van der Waals surface area (Å²) < 4.78 is 50.3. The van der Waals surface area contributed by atoms with Crippen molar-refractivity contribution >= 4 is 38.9 Å². The Morgan fingerprint density at radius 3 is 2.73 bits per heavy atom. The molecule has 11 heteroatoms. The van der Waals surface area contributed by atoms with Crippen LogP contribution in [0, 0.1) is 5.82 Å². The van der Waals surface area contributed by atoms with Crippen LogP contribution in [0.5, 0.6) is 5.75 Å². The van der Waals surface area contributed by atoms with Crippen LogP contribution in [0.1, 0.15) is 30.5 Å². The molecule has 2 aromatic carbocycles. The second-order valence-corrected chi connectivity index (χ2v) is 10.3. The van der Waals surface area contributed by atoms with Crippen LogP contribution in [-0.4, -0.2) is 23.9 Å². The highest BCUT2D eigenvalue weighted by molar-refractivity contribution is 7.92. The number of imidazole rings is 1. The quantitative estimate of drug-likeness (QED) is 0.544. The largest absolute Gasteiger partial charge is 0.485 e. The number of nitrogens with one attached hydrogen (secondary N) is 2. The Morgan fingerprint density at radius 1 is 1.30 bits per heavy atom. The van der Waals surface area contributed by atoms with Crippen LogP contribution in [0.25, 0.3) is 0 Å². The molecule has 0 atom stereocenters. The number of carbonyl (C=O) groups is 1. The summed E-state index contributed by atoms with van der Waals surface area (Å²) in [7, 11) is -2.43. The number of anilines is 2. The maximum atomic E-state index is 14.3. The van der Waals surface area contributed by atoms with Crippen LogP contribution in [0.4, 0.5) is 15.8 Å².